The molecular weight excluding hydrogens is 380 g/mol. The highest BCUT2D eigenvalue weighted by atomic mass is 28.4. The largest absolute Gasteiger partial charge is 0.407 e. The van der Waals surface area contributed by atoms with Crippen LogP contribution in [0, 0.1) is 0 Å². The Balaban J connectivity index is 2.21. The zero-order valence-corrected chi connectivity index (χ0v) is 19.2. The molecule has 0 amide bonds. The maximum Gasteiger partial charge on any atom is 0.261 e. The molecule has 160 valence electrons. The van der Waals surface area contributed by atoms with Gasteiger partial charge in [0, 0.05) is 13.7 Å². The van der Waals surface area contributed by atoms with E-state index >= 15 is 0 Å². The molecule has 0 aromatic heterocycles. The van der Waals surface area contributed by atoms with Gasteiger partial charge in [0.25, 0.3) is 8.32 Å². The van der Waals surface area contributed by atoms with Crippen molar-refractivity contribution in [2.45, 2.75) is 50.7 Å². The Kier molecular flexibility index (Phi) is 8.61. The van der Waals surface area contributed by atoms with Gasteiger partial charge in [0.05, 0.1) is 13.2 Å². The van der Waals surface area contributed by atoms with E-state index in [1.54, 1.807) is 0 Å². The third kappa shape index (κ3) is 5.77. The molecule has 0 aliphatic rings. The second kappa shape index (κ2) is 10.5. The van der Waals surface area contributed by atoms with Gasteiger partial charge in [0.2, 0.25) is 0 Å². The third-order valence-corrected chi connectivity index (χ3v) is 10.5. The van der Waals surface area contributed by atoms with Crippen LogP contribution in [0.2, 0.25) is 5.04 Å². The van der Waals surface area contributed by atoms with Crippen molar-refractivity contribution >= 4 is 18.7 Å². The average Bonchev–Trinajstić information content (AvgIpc) is 2.71. The van der Waals surface area contributed by atoms with E-state index in [4.69, 9.17) is 9.16 Å². The maximum absolute atomic E-state index is 10.4. The Morgan fingerprint density at radius 2 is 1.38 bits per heavy atom. The highest BCUT2D eigenvalue weighted by molar-refractivity contribution is 6.99. The van der Waals surface area contributed by atoms with Gasteiger partial charge >= 0.3 is 0 Å². The molecule has 0 aliphatic heterocycles. The Hall–Kier alpha value is -1.50. The fraction of sp³-hybridized carbons (Fsp3) is 0.500. The maximum atomic E-state index is 10.4. The van der Waals surface area contributed by atoms with Gasteiger partial charge in [-0.3, -0.25) is 0 Å². The van der Waals surface area contributed by atoms with E-state index in [9.17, 15) is 10.2 Å². The molecule has 2 aromatic carbocycles. The number of hydrogen-bond acceptors (Lipinski definition) is 4. The summed E-state index contributed by atoms with van der Waals surface area (Å²) in [5.41, 5.74) is -1.17. The van der Waals surface area contributed by atoms with E-state index in [2.05, 4.69) is 69.3 Å². The first-order valence-electron chi connectivity index (χ1n) is 10.4. The Morgan fingerprint density at radius 1 is 0.862 bits per heavy atom. The number of unbranched alkanes of at least 4 members (excludes halogenated alkanes) is 1. The molecule has 0 saturated heterocycles. The number of ether oxygens (including phenoxy) is 1. The summed E-state index contributed by atoms with van der Waals surface area (Å²) < 4.78 is 11.9. The number of methoxy groups -OCH3 is 1. The molecule has 0 heterocycles. The lowest BCUT2D eigenvalue weighted by molar-refractivity contribution is -0.0732. The smallest absolute Gasteiger partial charge is 0.261 e. The van der Waals surface area contributed by atoms with E-state index in [0.717, 1.165) is 12.8 Å². The molecule has 0 bridgehead atoms. The van der Waals surface area contributed by atoms with Crippen LogP contribution in [0.1, 0.15) is 40.0 Å². The highest BCUT2D eigenvalue weighted by Gasteiger charge is 2.49. The third-order valence-electron chi connectivity index (χ3n) is 5.48. The highest BCUT2D eigenvalue weighted by Crippen LogP contribution is 2.36. The standard InChI is InChI=1S/C24H36O4Si/c1-23(2,3)29(21-13-7-5-8-14-21,22-15-9-6-10-16-22)28-18-12-11-17-24(26,19-25)20-27-4/h5-10,13-16,25-26H,11-12,17-20H2,1-4H3. The van der Waals surface area contributed by atoms with E-state index in [1.165, 1.54) is 17.5 Å². The fourth-order valence-corrected chi connectivity index (χ4v) is 8.61. The molecule has 1 unspecified atom stereocenters. The first kappa shape index (κ1) is 23.8. The second-order valence-corrected chi connectivity index (χ2v) is 13.1. The lowest BCUT2D eigenvalue weighted by Gasteiger charge is -2.43. The molecule has 2 rings (SSSR count). The van der Waals surface area contributed by atoms with Crippen LogP contribution in [0.5, 0.6) is 0 Å². The van der Waals surface area contributed by atoms with Crippen LogP contribution in [-0.2, 0) is 9.16 Å². The molecule has 0 spiro atoms. The summed E-state index contributed by atoms with van der Waals surface area (Å²) >= 11 is 0. The van der Waals surface area contributed by atoms with Crippen molar-refractivity contribution in [2.24, 2.45) is 0 Å². The van der Waals surface area contributed by atoms with E-state index in [-0.39, 0.29) is 18.3 Å². The van der Waals surface area contributed by atoms with Crippen LogP contribution in [0.3, 0.4) is 0 Å². The minimum atomic E-state index is -2.51. The van der Waals surface area contributed by atoms with Crippen molar-refractivity contribution in [3.63, 3.8) is 0 Å². The number of aliphatic hydroxyl groups is 2. The Labute approximate surface area is 176 Å². The van der Waals surface area contributed by atoms with Gasteiger partial charge in [0.15, 0.2) is 0 Å². The van der Waals surface area contributed by atoms with Crippen molar-refractivity contribution < 1.29 is 19.4 Å². The number of rotatable bonds is 11. The second-order valence-electron chi connectivity index (χ2n) is 8.78. The molecule has 0 fully saturated rings. The van der Waals surface area contributed by atoms with Crippen LogP contribution < -0.4 is 10.4 Å². The summed E-state index contributed by atoms with van der Waals surface area (Å²) in [5, 5.41) is 22.3. The van der Waals surface area contributed by atoms with Crippen LogP contribution in [0.15, 0.2) is 60.7 Å². The van der Waals surface area contributed by atoms with Crippen molar-refractivity contribution in [2.75, 3.05) is 26.9 Å². The molecular formula is C24H36O4Si. The van der Waals surface area contributed by atoms with E-state index < -0.39 is 13.9 Å². The van der Waals surface area contributed by atoms with E-state index in [1.807, 2.05) is 12.1 Å². The van der Waals surface area contributed by atoms with Gasteiger partial charge in [-0.15, -0.1) is 0 Å². The molecule has 2 aromatic rings. The quantitative estimate of drug-likeness (QED) is 0.437. The summed E-state index contributed by atoms with van der Waals surface area (Å²) in [5.74, 6) is 0. The van der Waals surface area contributed by atoms with Crippen LogP contribution in [0.4, 0.5) is 0 Å². The zero-order chi connectivity index (χ0) is 21.4. The molecule has 1 atom stereocenters. The number of aliphatic hydroxyl groups excluding tert-OH is 1. The normalized spacial score (nSPS) is 14.6. The first-order chi connectivity index (χ1) is 13.8. The minimum Gasteiger partial charge on any atom is -0.407 e. The predicted octanol–water partition coefficient (Wildman–Crippen LogP) is 3.10. The topological polar surface area (TPSA) is 58.9 Å². The summed E-state index contributed by atoms with van der Waals surface area (Å²) in [6.45, 7) is 7.25. The molecule has 0 aliphatic carbocycles. The molecule has 5 heteroatoms. The fourth-order valence-electron chi connectivity index (χ4n) is 4.01. The number of benzene rings is 2. The first-order valence-corrected chi connectivity index (χ1v) is 12.3. The van der Waals surface area contributed by atoms with Crippen LogP contribution >= 0.6 is 0 Å². The van der Waals surface area contributed by atoms with Crippen LogP contribution in [0.25, 0.3) is 0 Å². The van der Waals surface area contributed by atoms with Crippen LogP contribution in [-0.4, -0.2) is 51.1 Å². The summed E-state index contributed by atoms with van der Waals surface area (Å²) in [6.07, 6.45) is 2.07. The molecule has 29 heavy (non-hydrogen) atoms. The van der Waals surface area contributed by atoms with Gasteiger partial charge in [-0.2, -0.15) is 0 Å². The lowest BCUT2D eigenvalue weighted by Crippen LogP contribution is -2.66. The lowest BCUT2D eigenvalue weighted by atomic mass is 9.99. The van der Waals surface area contributed by atoms with Crippen molar-refractivity contribution in [3.05, 3.63) is 60.7 Å². The van der Waals surface area contributed by atoms with Gasteiger partial charge in [-0.25, -0.2) is 0 Å². The van der Waals surface area contributed by atoms with Gasteiger partial charge in [-0.05, 0) is 34.7 Å². The average molecular weight is 417 g/mol. The summed E-state index contributed by atoms with van der Waals surface area (Å²) in [6, 6.07) is 21.2. The predicted molar refractivity (Wildman–Crippen MR) is 121 cm³/mol. The van der Waals surface area contributed by atoms with E-state index in [0.29, 0.717) is 13.0 Å². The Morgan fingerprint density at radius 3 is 1.79 bits per heavy atom. The summed E-state index contributed by atoms with van der Waals surface area (Å²) in [7, 11) is -0.971. The molecule has 2 N–H and O–H groups in total. The molecule has 0 radical (unpaired) electrons. The van der Waals surface area contributed by atoms with Gasteiger partial charge in [-0.1, -0.05) is 81.4 Å². The molecule has 4 nitrogen and oxygen atoms in total. The zero-order valence-electron chi connectivity index (χ0n) is 18.2. The van der Waals surface area contributed by atoms with Gasteiger partial charge in [0.1, 0.15) is 5.60 Å². The Bertz CT molecular complexity index is 675. The van der Waals surface area contributed by atoms with Crippen molar-refractivity contribution in [1.29, 1.82) is 0 Å². The molecule has 0 saturated carbocycles. The monoisotopic (exact) mass is 416 g/mol. The van der Waals surface area contributed by atoms with Crippen molar-refractivity contribution in [1.82, 2.24) is 0 Å². The minimum absolute atomic E-state index is 0.0441. The SMILES string of the molecule is COCC(O)(CO)CCCCO[Si](c1ccccc1)(c1ccccc1)C(C)(C)C. The number of hydrogen-bond donors (Lipinski definition) is 2. The summed E-state index contributed by atoms with van der Waals surface area (Å²) in [4.78, 5) is 0. The van der Waals surface area contributed by atoms with Gasteiger partial charge < -0.3 is 19.4 Å². The van der Waals surface area contributed by atoms with Crippen molar-refractivity contribution in [3.8, 4) is 0 Å².